The summed E-state index contributed by atoms with van der Waals surface area (Å²) in [5.74, 6) is 0.849. The quantitative estimate of drug-likeness (QED) is 0.675. The molecule has 1 aliphatic rings. The third-order valence-corrected chi connectivity index (χ3v) is 5.57. The topological polar surface area (TPSA) is 58.1 Å². The van der Waals surface area contributed by atoms with Gasteiger partial charge in [0.25, 0.3) is 0 Å². The molecule has 0 bridgehead atoms. The number of amides is 1. The van der Waals surface area contributed by atoms with Gasteiger partial charge in [-0.25, -0.2) is 0 Å². The van der Waals surface area contributed by atoms with E-state index in [1.165, 1.54) is 5.56 Å². The minimum Gasteiger partial charge on any atom is -0.354 e. The maximum Gasteiger partial charge on any atom is 0.229 e. The number of carbonyl (C=O) groups excluding carboxylic acids is 1. The normalized spacial score (nSPS) is 16.4. The summed E-state index contributed by atoms with van der Waals surface area (Å²) in [7, 11) is 0. The highest BCUT2D eigenvalue weighted by Gasteiger charge is 2.27. The summed E-state index contributed by atoms with van der Waals surface area (Å²) in [6.45, 7) is 7.72. The third-order valence-electron chi connectivity index (χ3n) is 5.57. The molecule has 2 aromatic carbocycles. The van der Waals surface area contributed by atoms with Gasteiger partial charge in [-0.2, -0.15) is 0 Å². The molecular weight excluding hydrogens is 372 g/mol. The van der Waals surface area contributed by atoms with Crippen LogP contribution >= 0.6 is 0 Å². The molecule has 0 aliphatic carbocycles. The predicted molar refractivity (Wildman–Crippen MR) is 122 cm³/mol. The summed E-state index contributed by atoms with van der Waals surface area (Å²) in [5.41, 5.74) is 6.31. The second-order valence-electron chi connectivity index (χ2n) is 8.30. The van der Waals surface area contributed by atoms with Gasteiger partial charge in [0.15, 0.2) is 5.82 Å². The van der Waals surface area contributed by atoms with Crippen LogP contribution in [0.1, 0.15) is 29.5 Å². The first-order valence-electron chi connectivity index (χ1n) is 10.5. The monoisotopic (exact) mass is 400 g/mol. The van der Waals surface area contributed by atoms with E-state index in [1.54, 1.807) is 0 Å². The van der Waals surface area contributed by atoms with Gasteiger partial charge in [0, 0.05) is 24.3 Å². The van der Waals surface area contributed by atoms with Gasteiger partial charge in [0.1, 0.15) is 0 Å². The molecule has 3 aromatic rings. The van der Waals surface area contributed by atoms with Gasteiger partial charge in [-0.1, -0.05) is 29.8 Å². The Morgan fingerprint density at radius 3 is 2.47 bits per heavy atom. The summed E-state index contributed by atoms with van der Waals surface area (Å²) >= 11 is 0. The highest BCUT2D eigenvalue weighted by molar-refractivity contribution is 5.93. The smallest absolute Gasteiger partial charge is 0.229 e. The number of piperidine rings is 1. The molecule has 4 rings (SSSR count). The van der Waals surface area contributed by atoms with Crippen molar-refractivity contribution in [3.05, 3.63) is 71.3 Å². The van der Waals surface area contributed by atoms with E-state index >= 15 is 0 Å². The van der Waals surface area contributed by atoms with Gasteiger partial charge in [-0.05, 0) is 75.1 Å². The molecule has 5 nitrogen and oxygen atoms in total. The van der Waals surface area contributed by atoms with Crippen molar-refractivity contribution in [3.8, 4) is 11.3 Å². The molecule has 1 atom stereocenters. The fourth-order valence-corrected chi connectivity index (χ4v) is 4.14. The first-order valence-corrected chi connectivity index (χ1v) is 10.5. The summed E-state index contributed by atoms with van der Waals surface area (Å²) in [5, 5.41) is 12.0. The maximum atomic E-state index is 12.9. The molecule has 1 N–H and O–H groups in total. The maximum absolute atomic E-state index is 12.9. The molecule has 0 unspecified atom stereocenters. The first kappa shape index (κ1) is 20.1. The average Bonchev–Trinajstić information content (AvgIpc) is 2.73. The van der Waals surface area contributed by atoms with E-state index in [9.17, 15) is 4.79 Å². The lowest BCUT2D eigenvalue weighted by molar-refractivity contribution is -0.120. The molecule has 0 spiro atoms. The predicted octanol–water partition coefficient (Wildman–Crippen LogP) is 4.92. The van der Waals surface area contributed by atoms with E-state index in [4.69, 9.17) is 0 Å². The fourth-order valence-electron chi connectivity index (χ4n) is 4.14. The van der Waals surface area contributed by atoms with Gasteiger partial charge < -0.3 is 10.2 Å². The lowest BCUT2D eigenvalue weighted by Gasteiger charge is -2.32. The Labute approximate surface area is 178 Å². The summed E-state index contributed by atoms with van der Waals surface area (Å²) in [6, 6.07) is 18.4. The fraction of sp³-hybridized carbons (Fsp3) is 0.320. The number of nitrogens with zero attached hydrogens (tertiary/aromatic N) is 3. The Morgan fingerprint density at radius 2 is 1.77 bits per heavy atom. The Balaban J connectivity index is 1.44. The van der Waals surface area contributed by atoms with E-state index < -0.39 is 0 Å². The molecule has 1 aromatic heterocycles. The highest BCUT2D eigenvalue weighted by Crippen LogP contribution is 2.25. The van der Waals surface area contributed by atoms with E-state index in [2.05, 4.69) is 45.5 Å². The molecule has 2 heterocycles. The van der Waals surface area contributed by atoms with E-state index in [0.29, 0.717) is 6.54 Å². The lowest BCUT2D eigenvalue weighted by Crippen LogP contribution is -2.41. The summed E-state index contributed by atoms with van der Waals surface area (Å²) in [4.78, 5) is 15.0. The van der Waals surface area contributed by atoms with Crippen LogP contribution in [0, 0.1) is 26.7 Å². The largest absolute Gasteiger partial charge is 0.354 e. The molecule has 1 aliphatic heterocycles. The molecule has 1 amide bonds. The molecule has 0 saturated carbocycles. The van der Waals surface area contributed by atoms with Crippen LogP contribution < -0.4 is 10.2 Å². The van der Waals surface area contributed by atoms with Crippen LogP contribution in [0.4, 0.5) is 11.5 Å². The van der Waals surface area contributed by atoms with Crippen molar-refractivity contribution in [2.45, 2.75) is 33.6 Å². The number of rotatable bonds is 4. The van der Waals surface area contributed by atoms with Crippen LogP contribution in [0.25, 0.3) is 11.3 Å². The van der Waals surface area contributed by atoms with Crippen molar-refractivity contribution in [3.63, 3.8) is 0 Å². The van der Waals surface area contributed by atoms with Gasteiger partial charge in [0.05, 0.1) is 11.6 Å². The minimum absolute atomic E-state index is 0.0576. The molecule has 30 heavy (non-hydrogen) atoms. The van der Waals surface area contributed by atoms with Gasteiger partial charge in [0.2, 0.25) is 5.91 Å². The summed E-state index contributed by atoms with van der Waals surface area (Å²) in [6.07, 6.45) is 1.86. The number of aryl methyl sites for hydroxylation is 3. The highest BCUT2D eigenvalue weighted by atomic mass is 16.1. The Hall–Kier alpha value is -3.21. The number of hydrogen-bond acceptors (Lipinski definition) is 4. The molecule has 0 radical (unpaired) electrons. The average molecular weight is 401 g/mol. The van der Waals surface area contributed by atoms with Crippen LogP contribution in [0.15, 0.2) is 54.6 Å². The van der Waals surface area contributed by atoms with Crippen LogP contribution in [0.2, 0.25) is 0 Å². The molecule has 1 saturated heterocycles. The Kier molecular flexibility index (Phi) is 5.79. The minimum atomic E-state index is -0.0576. The van der Waals surface area contributed by atoms with Crippen molar-refractivity contribution < 1.29 is 4.79 Å². The number of benzene rings is 2. The molecule has 5 heteroatoms. The van der Waals surface area contributed by atoms with Crippen molar-refractivity contribution in [2.24, 2.45) is 5.92 Å². The number of aromatic nitrogens is 2. The SMILES string of the molecule is Cc1cc(C)cc(NC(=O)[C@H]2CCCN(c3ccc(-c4cccc(C)c4)nn3)C2)c1. The van der Waals surface area contributed by atoms with Crippen LogP contribution in [0.5, 0.6) is 0 Å². The van der Waals surface area contributed by atoms with Crippen molar-refractivity contribution >= 4 is 17.4 Å². The van der Waals surface area contributed by atoms with Gasteiger partial charge in [-0.3, -0.25) is 4.79 Å². The number of hydrogen-bond donors (Lipinski definition) is 1. The standard InChI is InChI=1S/C25H28N4O/c1-17-6-4-7-20(13-17)23-9-10-24(28-27-23)29-11-5-8-21(16-29)25(30)26-22-14-18(2)12-19(3)15-22/h4,6-7,9-10,12-15,21H,5,8,11,16H2,1-3H3,(H,26,30)/t21-/m0/s1. The zero-order valence-corrected chi connectivity index (χ0v) is 17.9. The van der Waals surface area contributed by atoms with Crippen LogP contribution in [-0.2, 0) is 4.79 Å². The Bertz CT molecular complexity index is 1030. The van der Waals surface area contributed by atoms with Gasteiger partial charge in [-0.15, -0.1) is 10.2 Å². The van der Waals surface area contributed by atoms with Gasteiger partial charge >= 0.3 is 0 Å². The van der Waals surface area contributed by atoms with Crippen molar-refractivity contribution in [1.29, 1.82) is 0 Å². The Morgan fingerprint density at radius 1 is 0.967 bits per heavy atom. The van der Waals surface area contributed by atoms with E-state index in [1.807, 2.05) is 50.2 Å². The van der Waals surface area contributed by atoms with E-state index in [-0.39, 0.29) is 11.8 Å². The first-order chi connectivity index (χ1) is 14.5. The lowest BCUT2D eigenvalue weighted by atomic mass is 9.97. The zero-order chi connectivity index (χ0) is 21.1. The third kappa shape index (κ3) is 4.67. The molecule has 1 fully saturated rings. The molecular formula is C25H28N4O. The van der Waals surface area contributed by atoms with Crippen molar-refractivity contribution in [1.82, 2.24) is 10.2 Å². The number of nitrogens with one attached hydrogen (secondary N) is 1. The van der Waals surface area contributed by atoms with Crippen LogP contribution in [0.3, 0.4) is 0 Å². The summed E-state index contributed by atoms with van der Waals surface area (Å²) < 4.78 is 0. The van der Waals surface area contributed by atoms with Crippen molar-refractivity contribution in [2.75, 3.05) is 23.3 Å². The molecule has 154 valence electrons. The number of anilines is 2. The van der Waals surface area contributed by atoms with Crippen LogP contribution in [-0.4, -0.2) is 29.2 Å². The van der Waals surface area contributed by atoms with E-state index in [0.717, 1.165) is 53.3 Å². The zero-order valence-electron chi connectivity index (χ0n) is 17.9. The second kappa shape index (κ2) is 8.66. The second-order valence-corrected chi connectivity index (χ2v) is 8.30. The number of carbonyl (C=O) groups is 1.